The Morgan fingerprint density at radius 3 is 0.821 bits per heavy atom. The zero-order valence-electron chi connectivity index (χ0n) is 11.8. The van der Waals surface area contributed by atoms with Gasteiger partial charge in [0.2, 0.25) is 0 Å². The third-order valence-corrected chi connectivity index (χ3v) is 3.17. The Balaban J connectivity index is 7.11. The van der Waals surface area contributed by atoms with Crippen LogP contribution in [0.4, 0.5) is 83.4 Å². The fourth-order valence-corrected chi connectivity index (χ4v) is 1.60. The van der Waals surface area contributed by atoms with Gasteiger partial charge in [-0.05, 0) is 0 Å². The van der Waals surface area contributed by atoms with Gasteiger partial charge in [0.25, 0.3) is 6.43 Å². The molecular formula is C9HF19. The molecule has 0 saturated heterocycles. The maximum atomic E-state index is 13.1. The van der Waals surface area contributed by atoms with Crippen LogP contribution in [0.15, 0.2) is 0 Å². The van der Waals surface area contributed by atoms with Crippen LogP contribution >= 0.6 is 0 Å². The van der Waals surface area contributed by atoms with Crippen molar-refractivity contribution < 1.29 is 83.4 Å². The van der Waals surface area contributed by atoms with Gasteiger partial charge in [0.05, 0.1) is 0 Å². The van der Waals surface area contributed by atoms with Gasteiger partial charge in [-0.1, -0.05) is 0 Å². The zero-order valence-corrected chi connectivity index (χ0v) is 11.8. The van der Waals surface area contributed by atoms with Crippen LogP contribution in [0.1, 0.15) is 0 Å². The molecule has 0 radical (unpaired) electrons. The number of hydrogen-bond acceptors (Lipinski definition) is 0. The van der Waals surface area contributed by atoms with E-state index in [1.165, 1.54) is 0 Å². The summed E-state index contributed by atoms with van der Waals surface area (Å²) >= 11 is 0. The molecule has 0 amide bonds. The average molecular weight is 470 g/mol. The SMILES string of the molecule is FC(F)[C@@](F)(C(F)(F)F)C(F)(F)C(F)(F)C(F)(F)C(F)(C(F)(F)F)C(F)(F)F. The highest BCUT2D eigenvalue weighted by molar-refractivity contribution is 5.19. The molecule has 170 valence electrons. The van der Waals surface area contributed by atoms with E-state index in [0.717, 1.165) is 0 Å². The molecule has 0 aromatic heterocycles. The summed E-state index contributed by atoms with van der Waals surface area (Å²) in [7, 11) is 0. The molecule has 0 spiro atoms. The maximum absolute atomic E-state index is 13.1. The summed E-state index contributed by atoms with van der Waals surface area (Å²) in [6, 6.07) is 0. The lowest BCUT2D eigenvalue weighted by molar-refractivity contribution is -0.465. The molecule has 0 N–H and O–H groups in total. The lowest BCUT2D eigenvalue weighted by Crippen LogP contribution is -2.78. The van der Waals surface area contributed by atoms with Crippen LogP contribution in [-0.2, 0) is 0 Å². The molecule has 0 saturated carbocycles. The Kier molecular flexibility index (Phi) is 6.03. The van der Waals surface area contributed by atoms with Gasteiger partial charge in [0.1, 0.15) is 0 Å². The van der Waals surface area contributed by atoms with Crippen LogP contribution in [0, 0.1) is 0 Å². The van der Waals surface area contributed by atoms with Crippen molar-refractivity contribution in [1.82, 2.24) is 0 Å². The largest absolute Gasteiger partial charge is 0.438 e. The first kappa shape index (κ1) is 26.7. The molecule has 0 aliphatic carbocycles. The first-order valence-corrected chi connectivity index (χ1v) is 5.69. The fourth-order valence-electron chi connectivity index (χ4n) is 1.60. The fraction of sp³-hybridized carbons (Fsp3) is 1.00. The van der Waals surface area contributed by atoms with Crippen molar-refractivity contribution in [2.45, 2.75) is 54.1 Å². The molecule has 28 heavy (non-hydrogen) atoms. The van der Waals surface area contributed by atoms with Crippen LogP contribution in [0.25, 0.3) is 0 Å². The van der Waals surface area contributed by atoms with E-state index in [4.69, 9.17) is 0 Å². The average Bonchev–Trinajstić information content (AvgIpc) is 2.40. The van der Waals surface area contributed by atoms with Crippen molar-refractivity contribution in [2.24, 2.45) is 0 Å². The minimum Gasteiger partial charge on any atom is -0.220 e. The second-order valence-corrected chi connectivity index (χ2v) is 4.89. The van der Waals surface area contributed by atoms with Crippen molar-refractivity contribution >= 4 is 0 Å². The van der Waals surface area contributed by atoms with Crippen LogP contribution < -0.4 is 0 Å². The van der Waals surface area contributed by atoms with E-state index in [-0.39, 0.29) is 0 Å². The van der Waals surface area contributed by atoms with E-state index in [2.05, 4.69) is 0 Å². The van der Waals surface area contributed by atoms with E-state index in [1.54, 1.807) is 0 Å². The predicted octanol–water partition coefficient (Wildman–Crippen LogP) is 6.26. The first-order chi connectivity index (χ1) is 11.7. The highest BCUT2D eigenvalue weighted by Crippen LogP contribution is 2.65. The van der Waals surface area contributed by atoms with E-state index in [0.29, 0.717) is 0 Å². The van der Waals surface area contributed by atoms with Crippen LogP contribution in [-0.4, -0.2) is 54.1 Å². The lowest BCUT2D eigenvalue weighted by atomic mass is 9.82. The number of alkyl halides is 19. The molecule has 0 aliphatic heterocycles. The van der Waals surface area contributed by atoms with Gasteiger partial charge in [-0.25, -0.2) is 17.6 Å². The summed E-state index contributed by atoms with van der Waals surface area (Å²) in [5, 5.41) is 0. The van der Waals surface area contributed by atoms with Gasteiger partial charge in [0.15, 0.2) is 0 Å². The quantitative estimate of drug-likeness (QED) is 0.417. The van der Waals surface area contributed by atoms with Gasteiger partial charge in [-0.3, -0.25) is 0 Å². The van der Waals surface area contributed by atoms with Gasteiger partial charge >= 0.3 is 47.6 Å². The Hall–Kier alpha value is -1.33. The maximum Gasteiger partial charge on any atom is 0.438 e. The topological polar surface area (TPSA) is 0 Å². The molecular weight excluding hydrogens is 469 g/mol. The van der Waals surface area contributed by atoms with Crippen molar-refractivity contribution in [3.05, 3.63) is 0 Å². The van der Waals surface area contributed by atoms with Crippen LogP contribution in [0.3, 0.4) is 0 Å². The molecule has 0 bridgehead atoms. The highest BCUT2D eigenvalue weighted by Gasteiger charge is 2.97. The molecule has 19 heteroatoms. The molecule has 0 nitrogen and oxygen atoms in total. The zero-order chi connectivity index (χ0) is 23.6. The lowest BCUT2D eigenvalue weighted by Gasteiger charge is -2.45. The Bertz CT molecular complexity index is 545. The molecule has 0 rings (SSSR count). The highest BCUT2D eigenvalue weighted by atomic mass is 19.4. The minimum absolute atomic E-state index is 6.44. The van der Waals surface area contributed by atoms with Gasteiger partial charge < -0.3 is 0 Å². The summed E-state index contributed by atoms with van der Waals surface area (Å²) in [5.41, 5.74) is -16.8. The number of halogens is 19. The molecule has 0 unspecified atom stereocenters. The molecule has 1 atom stereocenters. The second kappa shape index (κ2) is 6.33. The number of hydrogen-bond donors (Lipinski definition) is 0. The Morgan fingerprint density at radius 2 is 0.643 bits per heavy atom. The number of rotatable bonds is 5. The second-order valence-electron chi connectivity index (χ2n) is 4.89. The molecule has 0 aromatic carbocycles. The first-order valence-electron chi connectivity index (χ1n) is 5.69. The van der Waals surface area contributed by atoms with E-state index >= 15 is 0 Å². The summed E-state index contributed by atoms with van der Waals surface area (Å²) in [4.78, 5) is 0. The van der Waals surface area contributed by atoms with Gasteiger partial charge in [-0.15, -0.1) is 0 Å². The van der Waals surface area contributed by atoms with Crippen molar-refractivity contribution in [2.75, 3.05) is 0 Å². The molecule has 0 heterocycles. The summed E-state index contributed by atoms with van der Waals surface area (Å²) in [6.45, 7) is 0. The summed E-state index contributed by atoms with van der Waals surface area (Å²) in [5.74, 6) is -26.6. The van der Waals surface area contributed by atoms with Crippen LogP contribution in [0.2, 0.25) is 0 Å². The smallest absolute Gasteiger partial charge is 0.220 e. The molecule has 0 aromatic rings. The third-order valence-electron chi connectivity index (χ3n) is 3.17. The van der Waals surface area contributed by atoms with Crippen molar-refractivity contribution in [1.29, 1.82) is 0 Å². The normalized spacial score (nSPS) is 18.4. The molecule has 0 aliphatic rings. The third kappa shape index (κ3) is 3.02. The minimum atomic E-state index is -8.96. The van der Waals surface area contributed by atoms with Crippen LogP contribution in [0.5, 0.6) is 0 Å². The molecule has 0 fully saturated rings. The standard InChI is InChI=1S/C9HF19/c10-1(11)2(12,7(20,21)22)4(14,15)6(18,19)5(16,17)3(13,8(23,24)25)9(26,27)28/h1H/t2-/m0/s1. The summed E-state index contributed by atoms with van der Waals surface area (Å²) in [6.07, 6.45) is -30.9. The van der Waals surface area contributed by atoms with Gasteiger partial charge in [-0.2, -0.15) is 65.9 Å². The monoisotopic (exact) mass is 470 g/mol. The Morgan fingerprint density at radius 1 is 0.357 bits per heavy atom. The Labute approximate surface area is 139 Å². The van der Waals surface area contributed by atoms with Crippen molar-refractivity contribution in [3.8, 4) is 0 Å². The van der Waals surface area contributed by atoms with Crippen molar-refractivity contribution in [3.63, 3.8) is 0 Å². The predicted molar refractivity (Wildman–Crippen MR) is 46.7 cm³/mol. The van der Waals surface area contributed by atoms with Gasteiger partial charge in [0, 0.05) is 0 Å². The summed E-state index contributed by atoms with van der Waals surface area (Å²) < 4.78 is 238. The van der Waals surface area contributed by atoms with E-state index < -0.39 is 54.1 Å². The van der Waals surface area contributed by atoms with E-state index in [9.17, 15) is 83.4 Å². The van der Waals surface area contributed by atoms with E-state index in [1.807, 2.05) is 0 Å².